The SMILES string of the molecule is CC1CCC(C(=O)NC(C(=O)NCC2CCCCN2)C(C)C)CC1. The monoisotopic (exact) mass is 337 g/mol. The van der Waals surface area contributed by atoms with Gasteiger partial charge in [0, 0.05) is 18.5 Å². The van der Waals surface area contributed by atoms with Gasteiger partial charge in [0.25, 0.3) is 0 Å². The first-order valence-electron chi connectivity index (χ1n) is 9.78. The fourth-order valence-corrected chi connectivity index (χ4v) is 3.76. The molecule has 2 fully saturated rings. The van der Waals surface area contributed by atoms with Crippen molar-refractivity contribution in [1.82, 2.24) is 16.0 Å². The Kier molecular flexibility index (Phi) is 7.53. The summed E-state index contributed by atoms with van der Waals surface area (Å²) in [5.41, 5.74) is 0. The Hall–Kier alpha value is -1.10. The summed E-state index contributed by atoms with van der Waals surface area (Å²) in [5, 5.41) is 9.49. The molecule has 2 aliphatic rings. The molecule has 0 spiro atoms. The minimum absolute atomic E-state index is 0.0464. The van der Waals surface area contributed by atoms with Gasteiger partial charge in [0.2, 0.25) is 11.8 Å². The molecule has 0 aromatic carbocycles. The van der Waals surface area contributed by atoms with Crippen LogP contribution in [-0.2, 0) is 9.59 Å². The van der Waals surface area contributed by atoms with Gasteiger partial charge in [0.05, 0.1) is 0 Å². The molecule has 24 heavy (non-hydrogen) atoms. The van der Waals surface area contributed by atoms with Gasteiger partial charge in [-0.15, -0.1) is 0 Å². The number of amides is 2. The van der Waals surface area contributed by atoms with Crippen LogP contribution in [0.3, 0.4) is 0 Å². The molecule has 1 heterocycles. The number of nitrogens with one attached hydrogen (secondary N) is 3. The first-order chi connectivity index (χ1) is 11.5. The standard InChI is InChI=1S/C19H35N3O2/c1-13(2)17(19(24)21-12-16-6-4-5-11-20-16)22-18(23)15-9-7-14(3)8-10-15/h13-17,20H,4-12H2,1-3H3,(H,21,24)(H,22,23). The molecule has 0 radical (unpaired) electrons. The average Bonchev–Trinajstić information content (AvgIpc) is 2.58. The van der Waals surface area contributed by atoms with Crippen molar-refractivity contribution < 1.29 is 9.59 Å². The minimum atomic E-state index is -0.430. The maximum Gasteiger partial charge on any atom is 0.242 e. The predicted molar refractivity (Wildman–Crippen MR) is 96.5 cm³/mol. The Morgan fingerprint density at radius 1 is 1.08 bits per heavy atom. The fraction of sp³-hybridized carbons (Fsp3) is 0.895. The van der Waals surface area contributed by atoms with Crippen LogP contribution in [0.25, 0.3) is 0 Å². The Morgan fingerprint density at radius 3 is 2.38 bits per heavy atom. The third-order valence-electron chi connectivity index (χ3n) is 5.57. The van der Waals surface area contributed by atoms with Crippen molar-refractivity contribution >= 4 is 11.8 Å². The number of hydrogen-bond donors (Lipinski definition) is 3. The predicted octanol–water partition coefficient (Wildman–Crippen LogP) is 2.21. The topological polar surface area (TPSA) is 70.2 Å². The molecule has 5 nitrogen and oxygen atoms in total. The second kappa shape index (κ2) is 9.40. The highest BCUT2D eigenvalue weighted by atomic mass is 16.2. The molecule has 5 heteroatoms. The lowest BCUT2D eigenvalue weighted by molar-refractivity contribution is -0.132. The molecule has 1 aliphatic heterocycles. The van der Waals surface area contributed by atoms with Crippen LogP contribution in [0.1, 0.15) is 65.7 Å². The van der Waals surface area contributed by atoms with Gasteiger partial charge >= 0.3 is 0 Å². The molecule has 2 rings (SSSR count). The highest BCUT2D eigenvalue weighted by Crippen LogP contribution is 2.28. The largest absolute Gasteiger partial charge is 0.353 e. The van der Waals surface area contributed by atoms with Crippen LogP contribution in [0.5, 0.6) is 0 Å². The van der Waals surface area contributed by atoms with Gasteiger partial charge in [-0.05, 0) is 56.9 Å². The zero-order valence-electron chi connectivity index (χ0n) is 15.6. The highest BCUT2D eigenvalue weighted by Gasteiger charge is 2.30. The molecule has 0 aromatic heterocycles. The number of carbonyl (C=O) groups excluding carboxylic acids is 2. The molecule has 2 amide bonds. The Balaban J connectivity index is 1.81. The molecule has 0 bridgehead atoms. The third-order valence-corrected chi connectivity index (χ3v) is 5.57. The first-order valence-corrected chi connectivity index (χ1v) is 9.78. The number of hydrogen-bond acceptors (Lipinski definition) is 3. The lowest BCUT2D eigenvalue weighted by Gasteiger charge is -2.29. The van der Waals surface area contributed by atoms with Gasteiger partial charge < -0.3 is 16.0 Å². The Labute approximate surface area is 146 Å². The van der Waals surface area contributed by atoms with Gasteiger partial charge in [0.1, 0.15) is 6.04 Å². The second-order valence-corrected chi connectivity index (χ2v) is 8.08. The summed E-state index contributed by atoms with van der Waals surface area (Å²) >= 11 is 0. The normalized spacial score (nSPS) is 29.1. The van der Waals surface area contributed by atoms with E-state index in [2.05, 4.69) is 22.9 Å². The summed E-state index contributed by atoms with van der Waals surface area (Å²) in [7, 11) is 0. The van der Waals surface area contributed by atoms with Crippen LogP contribution in [0.2, 0.25) is 0 Å². The second-order valence-electron chi connectivity index (χ2n) is 8.08. The van der Waals surface area contributed by atoms with E-state index in [0.29, 0.717) is 12.6 Å². The number of rotatable bonds is 6. The molecule has 0 aromatic rings. The molecule has 138 valence electrons. The lowest BCUT2D eigenvalue weighted by Crippen LogP contribution is -2.53. The minimum Gasteiger partial charge on any atom is -0.353 e. The molecular weight excluding hydrogens is 302 g/mol. The van der Waals surface area contributed by atoms with Crippen molar-refractivity contribution in [3.05, 3.63) is 0 Å². The van der Waals surface area contributed by atoms with E-state index in [9.17, 15) is 9.59 Å². The van der Waals surface area contributed by atoms with E-state index in [0.717, 1.165) is 44.6 Å². The van der Waals surface area contributed by atoms with Crippen LogP contribution in [-0.4, -0.2) is 37.0 Å². The maximum atomic E-state index is 12.5. The van der Waals surface area contributed by atoms with Gasteiger partial charge in [-0.1, -0.05) is 27.2 Å². The Bertz CT molecular complexity index is 411. The van der Waals surface area contributed by atoms with E-state index >= 15 is 0 Å². The zero-order chi connectivity index (χ0) is 17.5. The summed E-state index contributed by atoms with van der Waals surface area (Å²) in [6.07, 6.45) is 7.68. The summed E-state index contributed by atoms with van der Waals surface area (Å²) in [4.78, 5) is 25.1. The fourth-order valence-electron chi connectivity index (χ4n) is 3.76. The number of piperidine rings is 1. The van der Waals surface area contributed by atoms with Crippen molar-refractivity contribution in [2.75, 3.05) is 13.1 Å². The van der Waals surface area contributed by atoms with Crippen LogP contribution < -0.4 is 16.0 Å². The van der Waals surface area contributed by atoms with E-state index in [1.54, 1.807) is 0 Å². The lowest BCUT2D eigenvalue weighted by atomic mass is 9.82. The molecule has 2 unspecified atom stereocenters. The summed E-state index contributed by atoms with van der Waals surface area (Å²) in [6.45, 7) is 7.92. The van der Waals surface area contributed by atoms with E-state index in [1.165, 1.54) is 12.8 Å². The van der Waals surface area contributed by atoms with E-state index in [4.69, 9.17) is 0 Å². The van der Waals surface area contributed by atoms with Gasteiger partial charge in [-0.3, -0.25) is 9.59 Å². The molecule has 3 N–H and O–H groups in total. The van der Waals surface area contributed by atoms with E-state index in [-0.39, 0.29) is 23.7 Å². The van der Waals surface area contributed by atoms with Crippen molar-refractivity contribution in [2.24, 2.45) is 17.8 Å². The average molecular weight is 338 g/mol. The molecule has 1 saturated heterocycles. The van der Waals surface area contributed by atoms with Gasteiger partial charge in [0.15, 0.2) is 0 Å². The first kappa shape index (κ1) is 19.2. The molecule has 2 atom stereocenters. The number of carbonyl (C=O) groups is 2. The Morgan fingerprint density at radius 2 is 1.79 bits per heavy atom. The van der Waals surface area contributed by atoms with Crippen molar-refractivity contribution in [3.8, 4) is 0 Å². The van der Waals surface area contributed by atoms with Crippen LogP contribution >= 0.6 is 0 Å². The van der Waals surface area contributed by atoms with E-state index in [1.807, 2.05) is 13.8 Å². The summed E-state index contributed by atoms with van der Waals surface area (Å²) in [6, 6.07) is -0.0634. The molecular formula is C19H35N3O2. The van der Waals surface area contributed by atoms with Crippen molar-refractivity contribution in [2.45, 2.75) is 77.8 Å². The van der Waals surface area contributed by atoms with Crippen molar-refractivity contribution in [1.29, 1.82) is 0 Å². The van der Waals surface area contributed by atoms with Crippen LogP contribution in [0.4, 0.5) is 0 Å². The van der Waals surface area contributed by atoms with Crippen LogP contribution in [0, 0.1) is 17.8 Å². The van der Waals surface area contributed by atoms with Crippen molar-refractivity contribution in [3.63, 3.8) is 0 Å². The zero-order valence-corrected chi connectivity index (χ0v) is 15.6. The molecule has 1 saturated carbocycles. The highest BCUT2D eigenvalue weighted by molar-refractivity contribution is 5.88. The molecule has 1 aliphatic carbocycles. The van der Waals surface area contributed by atoms with E-state index < -0.39 is 6.04 Å². The quantitative estimate of drug-likeness (QED) is 0.696. The summed E-state index contributed by atoms with van der Waals surface area (Å²) in [5.74, 6) is 0.911. The third kappa shape index (κ3) is 5.76. The van der Waals surface area contributed by atoms with Gasteiger partial charge in [-0.2, -0.15) is 0 Å². The van der Waals surface area contributed by atoms with Gasteiger partial charge in [-0.25, -0.2) is 0 Å². The summed E-state index contributed by atoms with van der Waals surface area (Å²) < 4.78 is 0. The maximum absolute atomic E-state index is 12.5. The van der Waals surface area contributed by atoms with Crippen LogP contribution in [0.15, 0.2) is 0 Å². The smallest absolute Gasteiger partial charge is 0.242 e.